The molecule has 2 aromatic carbocycles. The minimum Gasteiger partial charge on any atom is -0.379 e. The van der Waals surface area contributed by atoms with E-state index in [-0.39, 0.29) is 41.0 Å². The Bertz CT molecular complexity index is 1020. The Morgan fingerprint density at radius 1 is 0.923 bits per heavy atom. The first-order chi connectivity index (χ1) is 18.5. The normalized spacial score (nSPS) is 24.3. The smallest absolute Gasteiger partial charge is 0.223 e. The van der Waals surface area contributed by atoms with E-state index in [0.717, 1.165) is 49.7 Å². The van der Waals surface area contributed by atoms with Crippen LogP contribution >= 0.6 is 0 Å². The molecule has 2 aromatic rings. The second-order valence-electron chi connectivity index (χ2n) is 12.7. The third kappa shape index (κ3) is 7.65. The van der Waals surface area contributed by atoms with Crippen LogP contribution in [0.15, 0.2) is 48.5 Å². The van der Waals surface area contributed by atoms with Gasteiger partial charge < -0.3 is 15.7 Å². The van der Waals surface area contributed by atoms with Crippen LogP contribution < -0.4 is 5.73 Å². The van der Waals surface area contributed by atoms with Crippen LogP contribution in [0.2, 0.25) is 0 Å². The van der Waals surface area contributed by atoms with Crippen molar-refractivity contribution < 1.29 is 18.7 Å². The van der Waals surface area contributed by atoms with E-state index in [9.17, 15) is 18.7 Å². The molecule has 0 bridgehead atoms. The number of rotatable bonds is 6. The van der Waals surface area contributed by atoms with E-state index >= 15 is 0 Å². The molecule has 2 fully saturated rings. The Labute approximate surface area is 232 Å². The minimum absolute atomic E-state index is 0.00526. The van der Waals surface area contributed by atoms with Gasteiger partial charge >= 0.3 is 0 Å². The van der Waals surface area contributed by atoms with Crippen LogP contribution in [0, 0.1) is 28.9 Å². The van der Waals surface area contributed by atoms with Crippen LogP contribution in [-0.4, -0.2) is 52.7 Å². The number of carbonyl (C=O) groups excluding carboxylic acids is 1. The van der Waals surface area contributed by atoms with Crippen LogP contribution in [0.5, 0.6) is 0 Å². The topological polar surface area (TPSA) is 69.8 Å². The minimum atomic E-state index is -0.784. The number of nitrogens with zero attached hydrogens (tertiary/aromatic N) is 2. The molecule has 0 radical (unpaired) electrons. The predicted molar refractivity (Wildman–Crippen MR) is 151 cm³/mol. The van der Waals surface area contributed by atoms with Gasteiger partial charge in [0.2, 0.25) is 5.91 Å². The number of amides is 1. The van der Waals surface area contributed by atoms with Crippen LogP contribution in [0.3, 0.4) is 0 Å². The van der Waals surface area contributed by atoms with Crippen molar-refractivity contribution in [3.05, 3.63) is 71.3 Å². The summed E-state index contributed by atoms with van der Waals surface area (Å²) in [6.45, 7) is 8.47. The quantitative estimate of drug-likeness (QED) is 0.449. The summed E-state index contributed by atoms with van der Waals surface area (Å²) < 4.78 is 27.6. The zero-order valence-corrected chi connectivity index (χ0v) is 23.7. The van der Waals surface area contributed by atoms with E-state index in [2.05, 4.69) is 30.6 Å². The fourth-order valence-corrected chi connectivity index (χ4v) is 6.47. The van der Waals surface area contributed by atoms with Crippen molar-refractivity contribution in [1.82, 2.24) is 9.80 Å². The van der Waals surface area contributed by atoms with E-state index in [1.807, 2.05) is 0 Å². The number of aliphatic hydroxyl groups is 1. The molecule has 4 atom stereocenters. The van der Waals surface area contributed by atoms with Gasteiger partial charge in [-0.3, -0.25) is 9.69 Å². The molecule has 3 N–H and O–H groups in total. The van der Waals surface area contributed by atoms with Gasteiger partial charge in [-0.1, -0.05) is 57.9 Å². The molecule has 1 aliphatic heterocycles. The number of benzene rings is 2. The average molecular weight is 542 g/mol. The molecule has 214 valence electrons. The first-order valence-corrected chi connectivity index (χ1v) is 14.5. The maximum Gasteiger partial charge on any atom is 0.223 e. The molecule has 4 unspecified atom stereocenters. The largest absolute Gasteiger partial charge is 0.379 e. The highest BCUT2D eigenvalue weighted by atomic mass is 19.1. The first-order valence-electron chi connectivity index (χ1n) is 14.5. The molecule has 2 aliphatic rings. The van der Waals surface area contributed by atoms with Crippen molar-refractivity contribution in [2.24, 2.45) is 23.0 Å². The molecule has 4 rings (SSSR count). The van der Waals surface area contributed by atoms with Crippen molar-refractivity contribution in [3.63, 3.8) is 0 Å². The molecule has 1 saturated heterocycles. The van der Waals surface area contributed by atoms with Gasteiger partial charge in [-0.15, -0.1) is 0 Å². The van der Waals surface area contributed by atoms with E-state index in [1.165, 1.54) is 24.3 Å². The standard InChI is InChI=1S/C32H45F2N3O2/c1-32(2,3)28-21-36(30(23-10-14-26(33)15-11-23)24-12-16-27(34)17-13-24)18-19-37(28)29(38)20-22-6-4-5-7-25(9-8-22)31(35)39/h10-17,22,25,28,30-31,39H,4-9,18-21,35H2,1-3H3. The number of halogens is 2. The zero-order valence-electron chi connectivity index (χ0n) is 23.7. The Balaban J connectivity index is 1.53. The maximum absolute atomic E-state index is 13.8. The lowest BCUT2D eigenvalue weighted by molar-refractivity contribution is -0.141. The third-order valence-electron chi connectivity index (χ3n) is 8.80. The molecule has 1 heterocycles. The highest BCUT2D eigenvalue weighted by Gasteiger charge is 2.40. The van der Waals surface area contributed by atoms with Gasteiger partial charge in [-0.25, -0.2) is 8.78 Å². The summed E-state index contributed by atoms with van der Waals surface area (Å²) in [5, 5.41) is 9.91. The summed E-state index contributed by atoms with van der Waals surface area (Å²) in [7, 11) is 0. The zero-order chi connectivity index (χ0) is 28.2. The molecule has 1 amide bonds. The lowest BCUT2D eigenvalue weighted by Gasteiger charge is -2.49. The van der Waals surface area contributed by atoms with Gasteiger partial charge in [0.15, 0.2) is 0 Å². The summed E-state index contributed by atoms with van der Waals surface area (Å²) in [5.74, 6) is 0.0415. The number of hydrogen-bond acceptors (Lipinski definition) is 4. The maximum atomic E-state index is 13.8. The van der Waals surface area contributed by atoms with E-state index < -0.39 is 6.23 Å². The molecule has 7 heteroatoms. The van der Waals surface area contributed by atoms with E-state index in [4.69, 9.17) is 5.73 Å². The van der Waals surface area contributed by atoms with Crippen LogP contribution in [0.4, 0.5) is 8.78 Å². The Hall–Kier alpha value is -2.35. The highest BCUT2D eigenvalue weighted by Crippen LogP contribution is 2.36. The summed E-state index contributed by atoms with van der Waals surface area (Å²) >= 11 is 0. The summed E-state index contributed by atoms with van der Waals surface area (Å²) in [6.07, 6.45) is 5.62. The molecular weight excluding hydrogens is 496 g/mol. The Morgan fingerprint density at radius 2 is 1.49 bits per heavy atom. The van der Waals surface area contributed by atoms with Gasteiger partial charge in [0.05, 0.1) is 6.04 Å². The highest BCUT2D eigenvalue weighted by molar-refractivity contribution is 5.77. The Kier molecular flexibility index (Phi) is 9.78. The number of carbonyl (C=O) groups is 1. The monoisotopic (exact) mass is 541 g/mol. The second-order valence-corrected chi connectivity index (χ2v) is 12.7. The number of hydrogen-bond donors (Lipinski definition) is 2. The van der Waals surface area contributed by atoms with Gasteiger partial charge in [-0.05, 0) is 78.3 Å². The summed E-state index contributed by atoms with van der Waals surface area (Å²) in [5.41, 5.74) is 7.53. The van der Waals surface area contributed by atoms with Crippen molar-refractivity contribution in [3.8, 4) is 0 Å². The summed E-state index contributed by atoms with van der Waals surface area (Å²) in [6, 6.07) is 12.9. The number of aliphatic hydroxyl groups excluding tert-OH is 1. The second kappa shape index (κ2) is 12.9. The molecule has 5 nitrogen and oxygen atoms in total. The summed E-state index contributed by atoms with van der Waals surface area (Å²) in [4.78, 5) is 18.2. The van der Waals surface area contributed by atoms with E-state index in [1.54, 1.807) is 24.3 Å². The van der Waals surface area contributed by atoms with Crippen molar-refractivity contribution in [2.75, 3.05) is 19.6 Å². The molecule has 39 heavy (non-hydrogen) atoms. The van der Waals surface area contributed by atoms with Crippen molar-refractivity contribution >= 4 is 5.91 Å². The molecule has 0 aromatic heterocycles. The van der Waals surface area contributed by atoms with Crippen LogP contribution in [0.25, 0.3) is 0 Å². The van der Waals surface area contributed by atoms with E-state index in [0.29, 0.717) is 32.0 Å². The molecular formula is C32H45F2N3O2. The lowest BCUT2D eigenvalue weighted by atomic mass is 9.81. The number of piperazine rings is 1. The number of nitrogens with two attached hydrogens (primary N) is 1. The predicted octanol–water partition coefficient (Wildman–Crippen LogP) is 5.87. The van der Waals surface area contributed by atoms with Gasteiger partial charge in [-0.2, -0.15) is 0 Å². The average Bonchev–Trinajstić information content (AvgIpc) is 2.87. The van der Waals surface area contributed by atoms with Crippen molar-refractivity contribution in [1.29, 1.82) is 0 Å². The lowest BCUT2D eigenvalue weighted by Crippen LogP contribution is -2.60. The van der Waals surface area contributed by atoms with Crippen molar-refractivity contribution in [2.45, 2.75) is 84.0 Å². The third-order valence-corrected chi connectivity index (χ3v) is 8.80. The van der Waals surface area contributed by atoms with Gasteiger partial charge in [0.25, 0.3) is 0 Å². The fraction of sp³-hybridized carbons (Fsp3) is 0.594. The van der Waals surface area contributed by atoms with Crippen LogP contribution in [-0.2, 0) is 4.79 Å². The first kappa shape index (κ1) is 29.6. The molecule has 1 saturated carbocycles. The Morgan fingerprint density at radius 3 is 2.03 bits per heavy atom. The van der Waals surface area contributed by atoms with Gasteiger partial charge in [0.1, 0.15) is 17.9 Å². The van der Waals surface area contributed by atoms with Crippen LogP contribution in [0.1, 0.15) is 82.9 Å². The van der Waals surface area contributed by atoms with Gasteiger partial charge in [0, 0.05) is 32.1 Å². The fourth-order valence-electron chi connectivity index (χ4n) is 6.47. The SMILES string of the molecule is CC(C)(C)C1CN(C(c2ccc(F)cc2)c2ccc(F)cc2)CCN1C(=O)CC1CCCCC(C(N)O)CC1. The molecule has 0 spiro atoms. The molecule has 1 aliphatic carbocycles.